The molecule has 0 saturated heterocycles. The highest BCUT2D eigenvalue weighted by Crippen LogP contribution is 2.19. The Hall–Kier alpha value is -2.57. The molecule has 0 fully saturated rings. The van der Waals surface area contributed by atoms with E-state index >= 15 is 0 Å². The number of aryl methyl sites for hydroxylation is 1. The van der Waals surface area contributed by atoms with Crippen LogP contribution in [0, 0.1) is 0 Å². The molecule has 2 aromatic rings. The molecule has 0 atom stereocenters. The lowest BCUT2D eigenvalue weighted by Crippen LogP contribution is -2.20. The number of hydrogen-bond donors (Lipinski definition) is 0. The summed E-state index contributed by atoms with van der Waals surface area (Å²) in [4.78, 5) is 19.7. The lowest BCUT2D eigenvalue weighted by atomic mass is 10.2. The highest BCUT2D eigenvalue weighted by molar-refractivity contribution is 6.18. The maximum atomic E-state index is 11.9. The van der Waals surface area contributed by atoms with Gasteiger partial charge in [-0.3, -0.25) is 9.48 Å². The molecule has 90 valence electrons. The molecule has 0 aliphatic carbocycles. The minimum atomic E-state index is -0.104. The molecule has 7 nitrogen and oxygen atoms in total. The van der Waals surface area contributed by atoms with Crippen LogP contribution in [0.25, 0.3) is 0 Å². The third-order valence-corrected chi connectivity index (χ3v) is 2.60. The molecule has 18 heavy (non-hydrogen) atoms. The van der Waals surface area contributed by atoms with Crippen LogP contribution in [0.1, 0.15) is 12.0 Å². The monoisotopic (exact) mass is 242 g/mol. The zero-order chi connectivity index (χ0) is 12.5. The first-order valence-electron chi connectivity index (χ1n) is 5.39. The summed E-state index contributed by atoms with van der Waals surface area (Å²) in [6.45, 7) is 0. The van der Waals surface area contributed by atoms with E-state index in [-0.39, 0.29) is 12.3 Å². The van der Waals surface area contributed by atoms with Gasteiger partial charge < -0.3 is 0 Å². The molecule has 2 aromatic heterocycles. The number of carbonyl (C=O) groups excluding carboxylic acids is 1. The molecule has 1 aliphatic heterocycles. The van der Waals surface area contributed by atoms with Gasteiger partial charge in [0, 0.05) is 31.1 Å². The van der Waals surface area contributed by atoms with Crippen LogP contribution in [0.5, 0.6) is 0 Å². The first-order valence-corrected chi connectivity index (χ1v) is 5.39. The van der Waals surface area contributed by atoms with Gasteiger partial charge in [-0.2, -0.15) is 15.2 Å². The van der Waals surface area contributed by atoms with E-state index in [1.807, 2.05) is 13.2 Å². The van der Waals surface area contributed by atoms with E-state index < -0.39 is 0 Å². The molecule has 0 radical (unpaired) electrons. The Balaban J connectivity index is 1.94. The van der Waals surface area contributed by atoms with Gasteiger partial charge in [-0.15, -0.1) is 0 Å². The lowest BCUT2D eigenvalue weighted by molar-refractivity contribution is -0.116. The van der Waals surface area contributed by atoms with Gasteiger partial charge in [0.15, 0.2) is 5.82 Å². The molecule has 3 rings (SSSR count). The summed E-state index contributed by atoms with van der Waals surface area (Å²) in [6.07, 6.45) is 6.74. The van der Waals surface area contributed by atoms with Crippen molar-refractivity contribution < 1.29 is 4.79 Å². The number of aromatic nitrogens is 4. The fraction of sp³-hybridized carbons (Fsp3) is 0.182. The van der Waals surface area contributed by atoms with Crippen molar-refractivity contribution in [1.82, 2.24) is 19.7 Å². The molecule has 7 heteroatoms. The molecule has 0 spiro atoms. The van der Waals surface area contributed by atoms with Crippen molar-refractivity contribution in [3.8, 4) is 0 Å². The van der Waals surface area contributed by atoms with Gasteiger partial charge in [0.25, 0.3) is 5.91 Å². The summed E-state index contributed by atoms with van der Waals surface area (Å²) in [6, 6.07) is 1.65. The van der Waals surface area contributed by atoms with E-state index in [1.165, 1.54) is 11.3 Å². The van der Waals surface area contributed by atoms with E-state index in [1.54, 1.807) is 23.1 Å². The van der Waals surface area contributed by atoms with E-state index in [0.29, 0.717) is 11.5 Å². The number of carbonyl (C=O) groups is 1. The Bertz CT molecular complexity index is 617. The van der Waals surface area contributed by atoms with Gasteiger partial charge in [0.2, 0.25) is 0 Å². The highest BCUT2D eigenvalue weighted by Gasteiger charge is 2.27. The van der Waals surface area contributed by atoms with E-state index in [2.05, 4.69) is 20.2 Å². The molecule has 0 bridgehead atoms. The third-order valence-electron chi connectivity index (χ3n) is 2.60. The molecule has 0 N–H and O–H groups in total. The average molecular weight is 242 g/mol. The molecular formula is C11H10N6O. The van der Waals surface area contributed by atoms with Crippen molar-refractivity contribution in [2.45, 2.75) is 6.42 Å². The Kier molecular flexibility index (Phi) is 2.36. The minimum absolute atomic E-state index is 0.104. The van der Waals surface area contributed by atoms with Gasteiger partial charge in [-0.25, -0.2) is 9.97 Å². The smallest absolute Gasteiger partial charge is 0.254 e. The Labute approximate surface area is 103 Å². The highest BCUT2D eigenvalue weighted by atomic mass is 16.2. The number of rotatable bonds is 2. The largest absolute Gasteiger partial charge is 0.275 e. The predicted molar refractivity (Wildman–Crippen MR) is 63.9 cm³/mol. The third kappa shape index (κ3) is 1.75. The van der Waals surface area contributed by atoms with Crippen LogP contribution in [0.4, 0.5) is 5.82 Å². The number of hydrogen-bond acceptors (Lipinski definition) is 5. The summed E-state index contributed by atoms with van der Waals surface area (Å²) < 4.78 is 1.68. The summed E-state index contributed by atoms with van der Waals surface area (Å²) in [7, 11) is 1.82. The number of amides is 1. The van der Waals surface area contributed by atoms with E-state index in [0.717, 1.165) is 5.56 Å². The van der Waals surface area contributed by atoms with Crippen LogP contribution in [-0.2, 0) is 11.8 Å². The SMILES string of the molecule is Cn1cc(C2=NN(c3ccncn3)C(=O)C2)cn1. The van der Waals surface area contributed by atoms with Gasteiger partial charge >= 0.3 is 0 Å². The van der Waals surface area contributed by atoms with Gasteiger partial charge in [-0.1, -0.05) is 0 Å². The zero-order valence-electron chi connectivity index (χ0n) is 9.69. The van der Waals surface area contributed by atoms with E-state index in [4.69, 9.17) is 0 Å². The fourth-order valence-corrected chi connectivity index (χ4v) is 1.75. The van der Waals surface area contributed by atoms with Crippen molar-refractivity contribution in [2.24, 2.45) is 12.1 Å². The predicted octanol–water partition coefficient (Wildman–Crippen LogP) is 0.351. The van der Waals surface area contributed by atoms with Crippen molar-refractivity contribution >= 4 is 17.4 Å². The fourth-order valence-electron chi connectivity index (χ4n) is 1.75. The van der Waals surface area contributed by atoms with Crippen LogP contribution >= 0.6 is 0 Å². The second-order valence-electron chi connectivity index (χ2n) is 3.90. The Morgan fingerprint density at radius 2 is 2.28 bits per heavy atom. The summed E-state index contributed by atoms with van der Waals surface area (Å²) in [5.41, 5.74) is 1.55. The van der Waals surface area contributed by atoms with Crippen LogP contribution in [0.3, 0.4) is 0 Å². The second-order valence-corrected chi connectivity index (χ2v) is 3.90. The lowest BCUT2D eigenvalue weighted by Gasteiger charge is -2.08. The first-order chi connectivity index (χ1) is 8.74. The number of anilines is 1. The van der Waals surface area contributed by atoms with Crippen molar-refractivity contribution in [1.29, 1.82) is 0 Å². The molecule has 0 aromatic carbocycles. The second kappa shape index (κ2) is 4.02. The first kappa shape index (κ1) is 10.6. The molecule has 0 saturated carbocycles. The van der Waals surface area contributed by atoms with E-state index in [9.17, 15) is 4.79 Å². The molecule has 1 aliphatic rings. The maximum Gasteiger partial charge on any atom is 0.254 e. The summed E-state index contributed by atoms with van der Waals surface area (Å²) in [5.74, 6) is 0.376. The molecule has 1 amide bonds. The average Bonchev–Trinajstić information content (AvgIpc) is 2.97. The Morgan fingerprint density at radius 3 is 2.94 bits per heavy atom. The quantitative estimate of drug-likeness (QED) is 0.761. The van der Waals surface area contributed by atoms with Crippen molar-refractivity contribution in [3.63, 3.8) is 0 Å². The van der Waals surface area contributed by atoms with Crippen LogP contribution < -0.4 is 5.01 Å². The number of hydrazone groups is 1. The number of nitrogens with zero attached hydrogens (tertiary/aromatic N) is 6. The summed E-state index contributed by atoms with van der Waals surface area (Å²) in [5, 5.41) is 9.64. The van der Waals surface area contributed by atoms with Crippen LogP contribution in [0.15, 0.2) is 36.1 Å². The standard InChI is InChI=1S/C11H10N6O/c1-16-6-8(5-14-16)9-4-11(18)17(15-9)10-2-3-12-7-13-10/h2-3,5-7H,4H2,1H3. The van der Waals surface area contributed by atoms with Crippen molar-refractivity contribution in [2.75, 3.05) is 5.01 Å². The van der Waals surface area contributed by atoms with Gasteiger partial charge in [0.1, 0.15) is 6.33 Å². The molecular weight excluding hydrogens is 232 g/mol. The van der Waals surface area contributed by atoms with Crippen molar-refractivity contribution in [3.05, 3.63) is 36.5 Å². The maximum absolute atomic E-state index is 11.9. The molecule has 3 heterocycles. The minimum Gasteiger partial charge on any atom is -0.275 e. The summed E-state index contributed by atoms with van der Waals surface area (Å²) >= 11 is 0. The van der Waals surface area contributed by atoms with Gasteiger partial charge in [0.05, 0.1) is 18.3 Å². The Morgan fingerprint density at radius 1 is 1.39 bits per heavy atom. The van der Waals surface area contributed by atoms with Crippen LogP contribution in [0.2, 0.25) is 0 Å². The van der Waals surface area contributed by atoms with Crippen LogP contribution in [-0.4, -0.2) is 31.4 Å². The zero-order valence-corrected chi connectivity index (χ0v) is 9.69. The topological polar surface area (TPSA) is 76.3 Å². The normalized spacial score (nSPS) is 15.1. The van der Waals surface area contributed by atoms with Gasteiger partial charge in [-0.05, 0) is 0 Å². The molecule has 0 unspecified atom stereocenters.